The van der Waals surface area contributed by atoms with Crippen LogP contribution in [-0.2, 0) is 11.3 Å². The first-order chi connectivity index (χ1) is 12.6. The Labute approximate surface area is 157 Å². The SMILES string of the molecule is COc1cccc(COC[C@@H](O)C[NH2+]CC23CC4CC(CC(C4)C2)C3)c1. The van der Waals surface area contributed by atoms with Crippen LogP contribution < -0.4 is 10.1 Å². The molecule has 26 heavy (non-hydrogen) atoms. The van der Waals surface area contributed by atoms with Crippen LogP contribution in [-0.4, -0.2) is 38.0 Å². The van der Waals surface area contributed by atoms with Crippen molar-refractivity contribution in [1.82, 2.24) is 0 Å². The summed E-state index contributed by atoms with van der Waals surface area (Å²) in [6.45, 7) is 2.86. The van der Waals surface area contributed by atoms with Crippen molar-refractivity contribution in [3.8, 4) is 5.75 Å². The molecule has 0 saturated heterocycles. The Morgan fingerprint density at radius 1 is 1.15 bits per heavy atom. The Morgan fingerprint density at radius 2 is 1.85 bits per heavy atom. The van der Waals surface area contributed by atoms with Crippen LogP contribution in [0.1, 0.15) is 44.1 Å². The van der Waals surface area contributed by atoms with Gasteiger partial charge in [-0.2, -0.15) is 0 Å². The number of aliphatic hydroxyl groups is 1. The minimum Gasteiger partial charge on any atom is -0.497 e. The third-order valence-corrected chi connectivity index (χ3v) is 6.89. The van der Waals surface area contributed by atoms with Crippen molar-refractivity contribution in [3.05, 3.63) is 29.8 Å². The van der Waals surface area contributed by atoms with Gasteiger partial charge in [-0.15, -0.1) is 0 Å². The summed E-state index contributed by atoms with van der Waals surface area (Å²) >= 11 is 0. The zero-order valence-corrected chi connectivity index (χ0v) is 16.0. The normalized spacial score (nSPS) is 33.4. The number of nitrogens with two attached hydrogens (primary N) is 1. The van der Waals surface area contributed by atoms with Crippen LogP contribution in [0.2, 0.25) is 0 Å². The maximum atomic E-state index is 10.3. The molecule has 0 heterocycles. The fourth-order valence-corrected chi connectivity index (χ4v) is 6.27. The van der Waals surface area contributed by atoms with E-state index in [9.17, 15) is 5.11 Å². The summed E-state index contributed by atoms with van der Waals surface area (Å²) in [5, 5.41) is 12.6. The van der Waals surface area contributed by atoms with Gasteiger partial charge in [-0.3, -0.25) is 0 Å². The predicted octanol–water partition coefficient (Wildman–Crippen LogP) is 2.35. The number of methoxy groups -OCH3 is 1. The van der Waals surface area contributed by atoms with Crippen LogP contribution in [0.3, 0.4) is 0 Å². The van der Waals surface area contributed by atoms with Gasteiger partial charge in [0.15, 0.2) is 0 Å². The summed E-state index contributed by atoms with van der Waals surface area (Å²) in [5.41, 5.74) is 1.66. The summed E-state index contributed by atoms with van der Waals surface area (Å²) in [6.07, 6.45) is 8.43. The third kappa shape index (κ3) is 4.24. The van der Waals surface area contributed by atoms with Gasteiger partial charge < -0.3 is 19.9 Å². The highest BCUT2D eigenvalue weighted by molar-refractivity contribution is 5.27. The molecule has 4 nitrogen and oxygen atoms in total. The second-order valence-corrected chi connectivity index (χ2v) is 9.17. The van der Waals surface area contributed by atoms with Crippen LogP contribution in [0.25, 0.3) is 0 Å². The summed E-state index contributed by atoms with van der Waals surface area (Å²) in [4.78, 5) is 0. The molecule has 1 aromatic carbocycles. The Morgan fingerprint density at radius 3 is 2.50 bits per heavy atom. The van der Waals surface area contributed by atoms with Crippen molar-refractivity contribution in [3.63, 3.8) is 0 Å². The average molecular weight is 361 g/mol. The second kappa shape index (κ2) is 7.87. The number of ether oxygens (including phenoxy) is 2. The van der Waals surface area contributed by atoms with Crippen LogP contribution in [0, 0.1) is 23.2 Å². The smallest absolute Gasteiger partial charge is 0.126 e. The Balaban J connectivity index is 1.16. The van der Waals surface area contributed by atoms with E-state index >= 15 is 0 Å². The molecule has 1 atom stereocenters. The van der Waals surface area contributed by atoms with Crippen molar-refractivity contribution in [2.45, 2.75) is 51.2 Å². The quantitative estimate of drug-likeness (QED) is 0.711. The molecule has 5 rings (SSSR count). The van der Waals surface area contributed by atoms with E-state index in [1.807, 2.05) is 24.3 Å². The molecular weight excluding hydrogens is 326 g/mol. The van der Waals surface area contributed by atoms with Crippen molar-refractivity contribution in [2.75, 3.05) is 26.8 Å². The number of benzene rings is 1. The summed E-state index contributed by atoms with van der Waals surface area (Å²) in [6, 6.07) is 7.89. The van der Waals surface area contributed by atoms with Crippen molar-refractivity contribution in [2.24, 2.45) is 23.2 Å². The molecule has 1 aromatic rings. The van der Waals surface area contributed by atoms with Gasteiger partial charge in [-0.25, -0.2) is 0 Å². The van der Waals surface area contributed by atoms with Gasteiger partial charge >= 0.3 is 0 Å². The topological polar surface area (TPSA) is 55.3 Å². The van der Waals surface area contributed by atoms with Crippen LogP contribution in [0.5, 0.6) is 5.75 Å². The standard InChI is InChI=1S/C22H33NO3/c1-25-21-4-2-3-16(8-21)13-26-14-20(24)12-23-15-22-9-17-5-18(10-22)7-19(6-17)11-22/h2-4,8,17-20,23-24H,5-7,9-15H2,1H3/p+1/t17?,18?,19?,20-,22?/m0/s1. The molecule has 4 heteroatoms. The van der Waals surface area contributed by atoms with Crippen molar-refractivity contribution in [1.29, 1.82) is 0 Å². The van der Waals surface area contributed by atoms with E-state index in [2.05, 4.69) is 5.32 Å². The van der Waals surface area contributed by atoms with E-state index < -0.39 is 6.10 Å². The van der Waals surface area contributed by atoms with E-state index in [4.69, 9.17) is 9.47 Å². The number of hydrogen-bond donors (Lipinski definition) is 2. The lowest BCUT2D eigenvalue weighted by Gasteiger charge is -2.56. The fourth-order valence-electron chi connectivity index (χ4n) is 6.27. The van der Waals surface area contributed by atoms with Crippen molar-refractivity contribution >= 4 is 0 Å². The molecule has 4 fully saturated rings. The number of rotatable bonds is 9. The number of aliphatic hydroxyl groups excluding tert-OH is 1. The van der Waals surface area contributed by atoms with Gasteiger partial charge in [-0.1, -0.05) is 12.1 Å². The number of hydrogen-bond acceptors (Lipinski definition) is 3. The molecule has 0 radical (unpaired) electrons. The minimum atomic E-state index is -0.394. The first-order valence-electron chi connectivity index (χ1n) is 10.3. The maximum Gasteiger partial charge on any atom is 0.126 e. The molecule has 4 bridgehead atoms. The molecule has 144 valence electrons. The predicted molar refractivity (Wildman–Crippen MR) is 101 cm³/mol. The van der Waals surface area contributed by atoms with Gasteiger partial charge in [-0.05, 0) is 74.0 Å². The minimum absolute atomic E-state index is 0.394. The molecule has 0 aromatic heterocycles. The van der Waals surface area contributed by atoms with E-state index in [1.165, 1.54) is 45.1 Å². The summed E-state index contributed by atoms with van der Waals surface area (Å²) in [5.74, 6) is 3.86. The van der Waals surface area contributed by atoms with E-state index in [1.54, 1.807) is 7.11 Å². The van der Waals surface area contributed by atoms with Gasteiger partial charge in [0.25, 0.3) is 0 Å². The summed E-state index contributed by atoms with van der Waals surface area (Å²) < 4.78 is 10.9. The highest BCUT2D eigenvalue weighted by atomic mass is 16.5. The molecule has 0 unspecified atom stereocenters. The molecule has 3 N–H and O–H groups in total. The van der Waals surface area contributed by atoms with E-state index in [0.717, 1.165) is 35.6 Å². The van der Waals surface area contributed by atoms with E-state index in [-0.39, 0.29) is 0 Å². The first-order valence-corrected chi connectivity index (χ1v) is 10.3. The van der Waals surface area contributed by atoms with Gasteiger partial charge in [0.05, 0.1) is 26.9 Å². The first kappa shape index (κ1) is 18.3. The Hall–Kier alpha value is -1.10. The highest BCUT2D eigenvalue weighted by Gasteiger charge is 2.51. The van der Waals surface area contributed by atoms with Gasteiger partial charge in [0.2, 0.25) is 0 Å². The van der Waals surface area contributed by atoms with Crippen LogP contribution in [0.15, 0.2) is 24.3 Å². The van der Waals surface area contributed by atoms with Crippen LogP contribution in [0.4, 0.5) is 0 Å². The average Bonchev–Trinajstić information content (AvgIpc) is 2.60. The molecule has 0 spiro atoms. The highest BCUT2D eigenvalue weighted by Crippen LogP contribution is 2.59. The fraction of sp³-hybridized carbons (Fsp3) is 0.727. The second-order valence-electron chi connectivity index (χ2n) is 9.17. The molecular formula is C22H34NO3+. The maximum absolute atomic E-state index is 10.3. The lowest BCUT2D eigenvalue weighted by atomic mass is 9.49. The zero-order chi connectivity index (χ0) is 18.0. The molecule has 4 aliphatic carbocycles. The molecule has 0 amide bonds. The van der Waals surface area contributed by atoms with Crippen LogP contribution >= 0.6 is 0 Å². The van der Waals surface area contributed by atoms with Gasteiger partial charge in [0, 0.05) is 5.41 Å². The van der Waals surface area contributed by atoms with Gasteiger partial charge in [0.1, 0.15) is 18.4 Å². The molecule has 4 saturated carbocycles. The van der Waals surface area contributed by atoms with Crippen molar-refractivity contribution < 1.29 is 19.9 Å². The third-order valence-electron chi connectivity index (χ3n) is 6.89. The monoisotopic (exact) mass is 360 g/mol. The lowest BCUT2D eigenvalue weighted by Crippen LogP contribution is -2.89. The molecule has 4 aliphatic rings. The Bertz CT molecular complexity index is 568. The molecule has 0 aliphatic heterocycles. The number of quaternary nitrogens is 1. The van der Waals surface area contributed by atoms with E-state index in [0.29, 0.717) is 18.6 Å². The lowest BCUT2D eigenvalue weighted by molar-refractivity contribution is -0.675. The summed E-state index contributed by atoms with van der Waals surface area (Å²) in [7, 11) is 1.67. The Kier molecular flexibility index (Phi) is 5.53. The largest absolute Gasteiger partial charge is 0.497 e. The zero-order valence-electron chi connectivity index (χ0n) is 16.0.